The van der Waals surface area contributed by atoms with Gasteiger partial charge in [0.15, 0.2) is 5.58 Å². The summed E-state index contributed by atoms with van der Waals surface area (Å²) in [5, 5.41) is 9.92. The number of nitrogens with zero attached hydrogens (tertiary/aromatic N) is 2. The van der Waals surface area contributed by atoms with E-state index in [1.54, 1.807) is 0 Å². The maximum atomic E-state index is 6.89. The molecule has 9 aromatic carbocycles. The second-order valence-corrected chi connectivity index (χ2v) is 17.3. The minimum atomic E-state index is -0.0743. The van der Waals surface area contributed by atoms with Crippen molar-refractivity contribution in [2.75, 3.05) is 4.90 Å². The van der Waals surface area contributed by atoms with Crippen molar-refractivity contribution in [2.24, 2.45) is 0 Å². The molecule has 3 nitrogen and oxygen atoms in total. The highest BCUT2D eigenvalue weighted by atomic mass is 16.3. The summed E-state index contributed by atoms with van der Waals surface area (Å²) in [6.07, 6.45) is 0. The highest BCUT2D eigenvalue weighted by molar-refractivity contribution is 6.90. The second kappa shape index (κ2) is 11.3. The van der Waals surface area contributed by atoms with E-state index in [1.807, 2.05) is 0 Å². The molecule has 2 aliphatic rings. The molecule has 4 heterocycles. The number of hydrogen-bond acceptors (Lipinski definition) is 2. The number of furan rings is 1. The summed E-state index contributed by atoms with van der Waals surface area (Å²) in [6, 6.07) is 63.1. The van der Waals surface area contributed by atoms with Crippen LogP contribution in [0.4, 0.5) is 17.1 Å². The third-order valence-corrected chi connectivity index (χ3v) is 13.1. The Kier molecular flexibility index (Phi) is 6.25. The van der Waals surface area contributed by atoms with Crippen molar-refractivity contribution in [3.05, 3.63) is 175 Å². The molecule has 0 spiro atoms. The SMILES string of the molecule is CC(C)(C)c1cc2c3c(c1)c1c4ccccc4ccc1n3B1c3ccc(-c4ccccc4)cc3N(c3cccc4c3oc3ccccc34)c3c1c-2cc1ccccc31. The zero-order chi connectivity index (χ0) is 38.4. The average molecular weight is 741 g/mol. The zero-order valence-electron chi connectivity index (χ0n) is 32.5. The van der Waals surface area contributed by atoms with Crippen LogP contribution in [0.5, 0.6) is 0 Å². The lowest BCUT2D eigenvalue weighted by atomic mass is 9.44. The van der Waals surface area contributed by atoms with Gasteiger partial charge in [0.1, 0.15) is 5.58 Å². The maximum Gasteiger partial charge on any atom is 0.333 e. The van der Waals surface area contributed by atoms with Gasteiger partial charge in [-0.25, -0.2) is 0 Å². The fourth-order valence-corrected chi connectivity index (χ4v) is 10.4. The summed E-state index contributed by atoms with van der Waals surface area (Å²) in [4.78, 5) is 2.54. The molecule has 0 radical (unpaired) electrons. The summed E-state index contributed by atoms with van der Waals surface area (Å²) in [5.74, 6) is 0. The van der Waals surface area contributed by atoms with Crippen molar-refractivity contribution < 1.29 is 4.42 Å². The van der Waals surface area contributed by atoms with E-state index in [9.17, 15) is 0 Å². The Labute approximate surface area is 336 Å². The molecule has 0 bridgehead atoms. The van der Waals surface area contributed by atoms with Crippen molar-refractivity contribution in [1.82, 2.24) is 4.48 Å². The molecule has 2 aromatic heterocycles. The molecule has 4 heteroatoms. The van der Waals surface area contributed by atoms with Crippen molar-refractivity contribution in [1.29, 1.82) is 0 Å². The van der Waals surface area contributed by atoms with Gasteiger partial charge in [0.2, 0.25) is 0 Å². The van der Waals surface area contributed by atoms with Gasteiger partial charge in [0.25, 0.3) is 0 Å². The number of hydrogen-bond donors (Lipinski definition) is 0. The van der Waals surface area contributed by atoms with Gasteiger partial charge in [0.05, 0.1) is 11.4 Å². The van der Waals surface area contributed by atoms with Crippen LogP contribution in [0, 0.1) is 0 Å². The lowest BCUT2D eigenvalue weighted by Crippen LogP contribution is -2.56. The van der Waals surface area contributed by atoms with Gasteiger partial charge >= 0.3 is 6.85 Å². The Balaban J connectivity index is 1.25. The summed E-state index contributed by atoms with van der Waals surface area (Å²) in [6.45, 7) is 6.96. The minimum Gasteiger partial charge on any atom is -0.454 e. The van der Waals surface area contributed by atoms with Gasteiger partial charge in [-0.2, -0.15) is 0 Å². The Morgan fingerprint density at radius 2 is 1.26 bits per heavy atom. The van der Waals surface area contributed by atoms with Gasteiger partial charge in [-0.05, 0) is 97.2 Å². The molecule has 0 amide bonds. The number of benzene rings is 9. The van der Waals surface area contributed by atoms with Crippen LogP contribution in [0.15, 0.2) is 174 Å². The number of fused-ring (bicyclic) bond motifs is 14. The highest BCUT2D eigenvalue weighted by Crippen LogP contribution is 2.51. The van der Waals surface area contributed by atoms with E-state index in [1.165, 1.54) is 93.5 Å². The van der Waals surface area contributed by atoms with Gasteiger partial charge < -0.3 is 13.8 Å². The van der Waals surface area contributed by atoms with Crippen LogP contribution in [0.1, 0.15) is 26.3 Å². The van der Waals surface area contributed by atoms with Crippen LogP contribution in [0.3, 0.4) is 0 Å². The Morgan fingerprint density at radius 3 is 2.10 bits per heavy atom. The van der Waals surface area contributed by atoms with Crippen LogP contribution in [-0.2, 0) is 5.41 Å². The fourth-order valence-electron chi connectivity index (χ4n) is 10.4. The van der Waals surface area contributed by atoms with Gasteiger partial charge in [-0.15, -0.1) is 0 Å². The lowest BCUT2D eigenvalue weighted by molar-refractivity contribution is 0.591. The van der Waals surface area contributed by atoms with Crippen LogP contribution >= 0.6 is 0 Å². The first-order chi connectivity index (χ1) is 28.4. The number of para-hydroxylation sites is 2. The Hall–Kier alpha value is -7.04. The molecule has 0 aliphatic carbocycles. The highest BCUT2D eigenvalue weighted by Gasteiger charge is 2.44. The Morgan fingerprint density at radius 1 is 0.517 bits per heavy atom. The lowest BCUT2D eigenvalue weighted by Gasteiger charge is -2.41. The van der Waals surface area contributed by atoms with E-state index >= 15 is 0 Å². The molecule has 2 aliphatic heterocycles. The van der Waals surface area contributed by atoms with E-state index in [0.29, 0.717) is 0 Å². The predicted molar refractivity (Wildman–Crippen MR) is 246 cm³/mol. The maximum absolute atomic E-state index is 6.89. The van der Waals surface area contributed by atoms with E-state index < -0.39 is 0 Å². The summed E-state index contributed by atoms with van der Waals surface area (Å²) in [7, 11) is 0. The second-order valence-electron chi connectivity index (χ2n) is 17.3. The molecule has 11 aromatic rings. The number of anilines is 3. The smallest absolute Gasteiger partial charge is 0.333 e. The van der Waals surface area contributed by atoms with Gasteiger partial charge in [0, 0.05) is 49.2 Å². The van der Waals surface area contributed by atoms with Crippen molar-refractivity contribution in [3.8, 4) is 22.3 Å². The van der Waals surface area contributed by atoms with E-state index in [2.05, 4.69) is 200 Å². The summed E-state index contributed by atoms with van der Waals surface area (Å²) >= 11 is 0. The van der Waals surface area contributed by atoms with Crippen LogP contribution in [0.25, 0.3) is 87.5 Å². The van der Waals surface area contributed by atoms with Crippen LogP contribution in [0.2, 0.25) is 0 Å². The molecule has 0 atom stereocenters. The predicted octanol–water partition coefficient (Wildman–Crippen LogP) is 13.4. The third kappa shape index (κ3) is 4.19. The molecular weight excluding hydrogens is 703 g/mol. The summed E-state index contributed by atoms with van der Waals surface area (Å²) < 4.78 is 9.58. The quantitative estimate of drug-likeness (QED) is 0.165. The monoisotopic (exact) mass is 740 g/mol. The first-order valence-electron chi connectivity index (χ1n) is 20.4. The molecular formula is C54H37BN2O. The normalized spacial score (nSPS) is 13.4. The van der Waals surface area contributed by atoms with Crippen LogP contribution in [-0.4, -0.2) is 11.3 Å². The average Bonchev–Trinajstić information content (AvgIpc) is 3.81. The summed E-state index contributed by atoms with van der Waals surface area (Å²) in [5.41, 5.74) is 16.7. The molecule has 0 saturated carbocycles. The van der Waals surface area contributed by atoms with Crippen molar-refractivity contribution in [3.63, 3.8) is 0 Å². The molecule has 0 unspecified atom stereocenters. The Bertz CT molecular complexity index is 3570. The van der Waals surface area contributed by atoms with E-state index in [-0.39, 0.29) is 12.3 Å². The number of rotatable bonds is 2. The fraction of sp³-hybridized carbons (Fsp3) is 0.0741. The molecule has 58 heavy (non-hydrogen) atoms. The molecule has 0 fully saturated rings. The van der Waals surface area contributed by atoms with Gasteiger partial charge in [-0.1, -0.05) is 148 Å². The first kappa shape index (κ1) is 32.1. The molecule has 272 valence electrons. The topological polar surface area (TPSA) is 21.3 Å². The minimum absolute atomic E-state index is 0.0547. The molecule has 0 saturated heterocycles. The van der Waals surface area contributed by atoms with Crippen molar-refractivity contribution >= 4 is 100 Å². The molecule has 13 rings (SSSR count). The van der Waals surface area contributed by atoms with E-state index in [0.717, 1.165) is 27.6 Å². The standard InChI is InChI=1S/C54H37BN2O/c1-54(2,3)36-30-42-41-28-35-17-8-10-19-38(35)52-50(41)55(57-45-27-25-33-16-7-9-18-37(33)49(45)43(31-36)51(42)57)44-26-24-34(32-14-5-4-6-15-32)29-47(44)56(52)46-22-13-21-40-39-20-11-12-23-48(39)58-53(40)46/h4-31H,1-3H3. The van der Waals surface area contributed by atoms with Gasteiger partial charge in [-0.3, -0.25) is 0 Å². The van der Waals surface area contributed by atoms with Crippen LogP contribution < -0.4 is 15.8 Å². The van der Waals surface area contributed by atoms with E-state index in [4.69, 9.17) is 4.42 Å². The van der Waals surface area contributed by atoms with Crippen molar-refractivity contribution in [2.45, 2.75) is 26.2 Å². The third-order valence-electron chi connectivity index (χ3n) is 13.1. The number of aromatic nitrogens is 1. The molecule has 0 N–H and O–H groups in total. The first-order valence-corrected chi connectivity index (χ1v) is 20.4. The largest absolute Gasteiger partial charge is 0.454 e. The zero-order valence-corrected chi connectivity index (χ0v) is 32.5.